The third-order valence-electron chi connectivity index (χ3n) is 3.65. The van der Waals surface area contributed by atoms with Crippen LogP contribution in [0.3, 0.4) is 0 Å². The topological polar surface area (TPSA) is 39.9 Å². The average Bonchev–Trinajstić information content (AvgIpc) is 3.04. The standard InChI is InChI=1S/C18H17F2N3O/c19-18(20)24-16-8-2-1-7-15(16)17-22-10-12-23(17)11-4-6-14-5-3-9-21-13-14/h1-3,5,7-10,12-13,18H,4,6,11H2. The Hall–Kier alpha value is -2.76. The molecule has 0 amide bonds. The van der Waals surface area contributed by atoms with E-state index in [0.717, 1.165) is 19.4 Å². The van der Waals surface area contributed by atoms with E-state index in [1.54, 1.807) is 30.6 Å². The van der Waals surface area contributed by atoms with Gasteiger partial charge in [0.25, 0.3) is 0 Å². The van der Waals surface area contributed by atoms with E-state index < -0.39 is 6.61 Å². The minimum Gasteiger partial charge on any atom is -0.434 e. The minimum atomic E-state index is -2.86. The molecule has 24 heavy (non-hydrogen) atoms. The lowest BCUT2D eigenvalue weighted by Gasteiger charge is -2.12. The number of imidazole rings is 1. The Labute approximate surface area is 138 Å². The van der Waals surface area contributed by atoms with Crippen LogP contribution in [-0.2, 0) is 13.0 Å². The van der Waals surface area contributed by atoms with Crippen LogP contribution >= 0.6 is 0 Å². The van der Waals surface area contributed by atoms with Crippen LogP contribution in [0.2, 0.25) is 0 Å². The normalized spacial score (nSPS) is 11.0. The van der Waals surface area contributed by atoms with E-state index in [2.05, 4.69) is 14.7 Å². The van der Waals surface area contributed by atoms with Gasteiger partial charge in [-0.1, -0.05) is 18.2 Å². The number of aromatic nitrogens is 3. The lowest BCUT2D eigenvalue weighted by atomic mass is 10.1. The maximum Gasteiger partial charge on any atom is 0.387 e. The van der Waals surface area contributed by atoms with Crippen LogP contribution in [0.25, 0.3) is 11.4 Å². The summed E-state index contributed by atoms with van der Waals surface area (Å²) in [4.78, 5) is 8.40. The number of para-hydroxylation sites is 1. The molecule has 2 aromatic heterocycles. The first-order valence-corrected chi connectivity index (χ1v) is 7.68. The van der Waals surface area contributed by atoms with Crippen LogP contribution in [0, 0.1) is 0 Å². The van der Waals surface area contributed by atoms with Gasteiger partial charge >= 0.3 is 6.61 Å². The summed E-state index contributed by atoms with van der Waals surface area (Å²) in [5, 5.41) is 0. The van der Waals surface area contributed by atoms with Gasteiger partial charge in [0, 0.05) is 31.3 Å². The number of hydrogen-bond donors (Lipinski definition) is 0. The summed E-state index contributed by atoms with van der Waals surface area (Å²) >= 11 is 0. The van der Waals surface area contributed by atoms with Crippen molar-refractivity contribution in [1.82, 2.24) is 14.5 Å². The monoisotopic (exact) mass is 329 g/mol. The molecule has 3 rings (SSSR count). The van der Waals surface area contributed by atoms with Crippen molar-refractivity contribution in [2.45, 2.75) is 26.0 Å². The summed E-state index contributed by atoms with van der Waals surface area (Å²) in [6.07, 6.45) is 8.89. The van der Waals surface area contributed by atoms with Crippen molar-refractivity contribution >= 4 is 0 Å². The molecule has 0 bridgehead atoms. The van der Waals surface area contributed by atoms with Crippen molar-refractivity contribution in [2.75, 3.05) is 0 Å². The maximum absolute atomic E-state index is 12.6. The number of rotatable bonds is 7. The second-order valence-corrected chi connectivity index (χ2v) is 5.28. The molecule has 1 aromatic carbocycles. The molecule has 0 aliphatic heterocycles. The fourth-order valence-corrected chi connectivity index (χ4v) is 2.58. The summed E-state index contributed by atoms with van der Waals surface area (Å²) < 4.78 is 31.7. The molecule has 0 fully saturated rings. The van der Waals surface area contributed by atoms with Gasteiger partial charge in [-0.2, -0.15) is 8.78 Å². The number of ether oxygens (including phenoxy) is 1. The van der Waals surface area contributed by atoms with Gasteiger partial charge in [-0.15, -0.1) is 0 Å². The molecule has 0 aliphatic rings. The second-order valence-electron chi connectivity index (χ2n) is 5.28. The van der Waals surface area contributed by atoms with Crippen LogP contribution in [0.5, 0.6) is 5.75 Å². The predicted octanol–water partition coefficient (Wildman–Crippen LogP) is 4.18. The maximum atomic E-state index is 12.6. The number of benzene rings is 1. The number of pyridine rings is 1. The van der Waals surface area contributed by atoms with E-state index in [9.17, 15) is 8.78 Å². The third-order valence-corrected chi connectivity index (χ3v) is 3.65. The molecule has 2 heterocycles. The molecule has 0 aliphatic carbocycles. The van der Waals surface area contributed by atoms with Gasteiger partial charge in [-0.25, -0.2) is 4.98 Å². The van der Waals surface area contributed by atoms with Crippen molar-refractivity contribution in [3.63, 3.8) is 0 Å². The summed E-state index contributed by atoms with van der Waals surface area (Å²) in [6, 6.07) is 10.6. The van der Waals surface area contributed by atoms with Crippen LogP contribution < -0.4 is 4.74 Å². The Kier molecular flexibility index (Phi) is 5.15. The SMILES string of the molecule is FC(F)Oc1ccccc1-c1nccn1CCCc1cccnc1. The fourth-order valence-electron chi connectivity index (χ4n) is 2.58. The molecule has 0 saturated heterocycles. The summed E-state index contributed by atoms with van der Waals surface area (Å²) in [6.45, 7) is -2.13. The number of halogens is 2. The van der Waals surface area contributed by atoms with E-state index in [1.807, 2.05) is 29.1 Å². The number of alkyl halides is 2. The lowest BCUT2D eigenvalue weighted by Crippen LogP contribution is -2.06. The Morgan fingerprint density at radius 1 is 1.08 bits per heavy atom. The Balaban J connectivity index is 1.74. The molecule has 4 nitrogen and oxygen atoms in total. The summed E-state index contributed by atoms with van der Waals surface area (Å²) in [7, 11) is 0. The number of nitrogens with zero attached hydrogens (tertiary/aromatic N) is 3. The summed E-state index contributed by atoms with van der Waals surface area (Å²) in [5.74, 6) is 0.754. The first-order valence-electron chi connectivity index (χ1n) is 7.68. The van der Waals surface area contributed by atoms with E-state index in [-0.39, 0.29) is 5.75 Å². The van der Waals surface area contributed by atoms with Crippen LogP contribution in [0.15, 0.2) is 61.2 Å². The molecule has 0 atom stereocenters. The van der Waals surface area contributed by atoms with E-state index in [0.29, 0.717) is 11.4 Å². The molecule has 0 radical (unpaired) electrons. The van der Waals surface area contributed by atoms with Gasteiger partial charge in [-0.05, 0) is 36.6 Å². The van der Waals surface area contributed by atoms with Gasteiger partial charge in [0.15, 0.2) is 0 Å². The highest BCUT2D eigenvalue weighted by molar-refractivity contribution is 5.64. The largest absolute Gasteiger partial charge is 0.434 e. The lowest BCUT2D eigenvalue weighted by molar-refractivity contribution is -0.0494. The van der Waals surface area contributed by atoms with Gasteiger partial charge in [0.05, 0.1) is 5.56 Å². The average molecular weight is 329 g/mol. The Morgan fingerprint density at radius 2 is 1.96 bits per heavy atom. The number of aryl methyl sites for hydroxylation is 2. The Bertz CT molecular complexity index is 775. The highest BCUT2D eigenvalue weighted by Gasteiger charge is 2.14. The highest BCUT2D eigenvalue weighted by Crippen LogP contribution is 2.30. The van der Waals surface area contributed by atoms with E-state index in [4.69, 9.17) is 0 Å². The second kappa shape index (κ2) is 7.68. The fraction of sp³-hybridized carbons (Fsp3) is 0.222. The van der Waals surface area contributed by atoms with E-state index in [1.165, 1.54) is 11.6 Å². The molecule has 124 valence electrons. The van der Waals surface area contributed by atoms with Gasteiger partial charge in [0.1, 0.15) is 11.6 Å². The molecule has 6 heteroatoms. The van der Waals surface area contributed by atoms with Crippen molar-refractivity contribution < 1.29 is 13.5 Å². The van der Waals surface area contributed by atoms with Crippen LogP contribution in [0.4, 0.5) is 8.78 Å². The van der Waals surface area contributed by atoms with Crippen LogP contribution in [-0.4, -0.2) is 21.1 Å². The minimum absolute atomic E-state index is 0.132. The quantitative estimate of drug-likeness (QED) is 0.653. The molecular weight excluding hydrogens is 312 g/mol. The molecule has 0 unspecified atom stereocenters. The zero-order valence-electron chi connectivity index (χ0n) is 13.0. The smallest absolute Gasteiger partial charge is 0.387 e. The first-order chi connectivity index (χ1) is 11.7. The highest BCUT2D eigenvalue weighted by atomic mass is 19.3. The first kappa shape index (κ1) is 16.1. The molecule has 0 spiro atoms. The van der Waals surface area contributed by atoms with Crippen molar-refractivity contribution in [1.29, 1.82) is 0 Å². The predicted molar refractivity (Wildman–Crippen MR) is 86.9 cm³/mol. The molecule has 0 saturated carbocycles. The zero-order valence-corrected chi connectivity index (χ0v) is 13.0. The van der Waals surface area contributed by atoms with E-state index >= 15 is 0 Å². The molecule has 0 N–H and O–H groups in total. The van der Waals surface area contributed by atoms with Gasteiger partial charge < -0.3 is 9.30 Å². The van der Waals surface area contributed by atoms with Crippen molar-refractivity contribution in [3.8, 4) is 17.1 Å². The third kappa shape index (κ3) is 3.95. The van der Waals surface area contributed by atoms with Crippen molar-refractivity contribution in [2.24, 2.45) is 0 Å². The number of hydrogen-bond acceptors (Lipinski definition) is 3. The molecular formula is C18H17F2N3O. The van der Waals surface area contributed by atoms with Crippen LogP contribution in [0.1, 0.15) is 12.0 Å². The zero-order chi connectivity index (χ0) is 16.8. The Morgan fingerprint density at radius 3 is 2.75 bits per heavy atom. The summed E-state index contributed by atoms with van der Waals surface area (Å²) in [5.41, 5.74) is 1.73. The molecule has 3 aromatic rings. The van der Waals surface area contributed by atoms with Gasteiger partial charge in [0.2, 0.25) is 0 Å². The van der Waals surface area contributed by atoms with Crippen molar-refractivity contribution in [3.05, 3.63) is 66.7 Å². The van der Waals surface area contributed by atoms with Gasteiger partial charge in [-0.3, -0.25) is 4.98 Å².